The zero-order valence-corrected chi connectivity index (χ0v) is 11.4. The summed E-state index contributed by atoms with van der Waals surface area (Å²) in [5.74, 6) is 0.570. The van der Waals surface area contributed by atoms with E-state index in [-0.39, 0.29) is 11.7 Å². The normalized spacial score (nSPS) is 12.5. The number of nitrogens with one attached hydrogen (secondary N) is 1. The maximum Gasteiger partial charge on any atom is 0.348 e. The van der Waals surface area contributed by atoms with E-state index in [0.29, 0.717) is 16.5 Å². The Morgan fingerprint density at radius 1 is 1.35 bits per heavy atom. The molecule has 0 aliphatic heterocycles. The van der Waals surface area contributed by atoms with Crippen LogP contribution >= 0.6 is 11.6 Å². The van der Waals surface area contributed by atoms with Gasteiger partial charge in [-0.15, -0.1) is 0 Å². The number of H-pyrrole nitrogens is 1. The summed E-state index contributed by atoms with van der Waals surface area (Å²) in [7, 11) is 0. The summed E-state index contributed by atoms with van der Waals surface area (Å²) in [5, 5.41) is 11.3. The lowest BCUT2D eigenvalue weighted by Crippen LogP contribution is -2.20. The summed E-state index contributed by atoms with van der Waals surface area (Å²) >= 11 is 5.98. The first-order valence-electron chi connectivity index (χ1n) is 6.09. The van der Waals surface area contributed by atoms with E-state index in [0.717, 1.165) is 0 Å². The molecule has 0 saturated heterocycles. The number of aromatic amines is 1. The highest BCUT2D eigenvalue weighted by Crippen LogP contribution is 2.19. The van der Waals surface area contributed by atoms with Crippen molar-refractivity contribution in [1.29, 1.82) is 0 Å². The molecule has 0 aliphatic carbocycles. The fourth-order valence-corrected chi connectivity index (χ4v) is 2.27. The SMILES string of the molecule is C[C@@H](c1n[nH]c(=O)n1-c1cccc(Cl)c1)n1cccn1. The van der Waals surface area contributed by atoms with Gasteiger partial charge < -0.3 is 0 Å². The second-order valence-corrected chi connectivity index (χ2v) is 4.80. The summed E-state index contributed by atoms with van der Waals surface area (Å²) in [6, 6.07) is 8.72. The number of nitrogens with zero attached hydrogens (tertiary/aromatic N) is 4. The number of halogens is 1. The van der Waals surface area contributed by atoms with E-state index in [1.165, 1.54) is 4.57 Å². The molecule has 2 heterocycles. The number of hydrogen-bond acceptors (Lipinski definition) is 3. The van der Waals surface area contributed by atoms with Gasteiger partial charge in [0.2, 0.25) is 0 Å². The largest absolute Gasteiger partial charge is 0.348 e. The monoisotopic (exact) mass is 289 g/mol. The zero-order valence-electron chi connectivity index (χ0n) is 10.7. The van der Waals surface area contributed by atoms with Crippen molar-refractivity contribution in [2.24, 2.45) is 0 Å². The molecule has 7 heteroatoms. The molecular formula is C13H12ClN5O. The minimum atomic E-state index is -0.304. The maximum absolute atomic E-state index is 12.0. The quantitative estimate of drug-likeness (QED) is 0.802. The van der Waals surface area contributed by atoms with Crippen molar-refractivity contribution in [3.63, 3.8) is 0 Å². The molecule has 0 unspecified atom stereocenters. The molecule has 0 amide bonds. The van der Waals surface area contributed by atoms with Crippen molar-refractivity contribution in [1.82, 2.24) is 24.5 Å². The van der Waals surface area contributed by atoms with Crippen LogP contribution in [-0.2, 0) is 0 Å². The molecule has 6 nitrogen and oxygen atoms in total. The van der Waals surface area contributed by atoms with Gasteiger partial charge in [-0.05, 0) is 31.2 Å². The third-order valence-corrected chi connectivity index (χ3v) is 3.30. The molecule has 1 N–H and O–H groups in total. The fraction of sp³-hybridized carbons (Fsp3) is 0.154. The van der Waals surface area contributed by atoms with Gasteiger partial charge in [0.1, 0.15) is 6.04 Å². The van der Waals surface area contributed by atoms with E-state index in [9.17, 15) is 4.79 Å². The number of benzene rings is 1. The Labute approximate surface area is 119 Å². The maximum atomic E-state index is 12.0. The fourth-order valence-electron chi connectivity index (χ4n) is 2.08. The van der Waals surface area contributed by atoms with Crippen LogP contribution in [0.5, 0.6) is 0 Å². The Hall–Kier alpha value is -2.34. The molecule has 20 heavy (non-hydrogen) atoms. The van der Waals surface area contributed by atoms with Crippen molar-refractivity contribution < 1.29 is 0 Å². The van der Waals surface area contributed by atoms with Crippen molar-refractivity contribution >= 4 is 11.6 Å². The third kappa shape index (κ3) is 2.14. The lowest BCUT2D eigenvalue weighted by Gasteiger charge is -2.13. The molecular weight excluding hydrogens is 278 g/mol. The molecule has 2 aromatic heterocycles. The highest BCUT2D eigenvalue weighted by atomic mass is 35.5. The van der Waals surface area contributed by atoms with Gasteiger partial charge in [-0.3, -0.25) is 4.68 Å². The number of hydrogen-bond donors (Lipinski definition) is 1. The second-order valence-electron chi connectivity index (χ2n) is 4.36. The summed E-state index contributed by atoms with van der Waals surface area (Å²) in [6.45, 7) is 1.92. The molecule has 0 bridgehead atoms. The van der Waals surface area contributed by atoms with Crippen LogP contribution in [0.4, 0.5) is 0 Å². The molecule has 0 saturated carbocycles. The topological polar surface area (TPSA) is 68.5 Å². The number of aromatic nitrogens is 5. The van der Waals surface area contributed by atoms with E-state index >= 15 is 0 Å². The predicted molar refractivity (Wildman–Crippen MR) is 75.2 cm³/mol. The molecule has 3 rings (SSSR count). The highest BCUT2D eigenvalue weighted by molar-refractivity contribution is 6.30. The van der Waals surface area contributed by atoms with Crippen LogP contribution in [0.15, 0.2) is 47.5 Å². The van der Waals surface area contributed by atoms with E-state index in [1.807, 2.05) is 25.3 Å². The first-order valence-corrected chi connectivity index (χ1v) is 6.47. The lowest BCUT2D eigenvalue weighted by molar-refractivity contribution is 0.527. The van der Waals surface area contributed by atoms with Crippen molar-refractivity contribution in [2.45, 2.75) is 13.0 Å². The molecule has 1 aromatic carbocycles. The standard InChI is InChI=1S/C13H12ClN5O/c1-9(18-7-3-6-15-18)12-16-17-13(20)19(12)11-5-2-4-10(14)8-11/h2-9H,1H3,(H,17,20)/t9-/m0/s1. The van der Waals surface area contributed by atoms with Gasteiger partial charge >= 0.3 is 5.69 Å². The second kappa shape index (κ2) is 4.97. The Bertz CT molecular complexity index is 774. The minimum absolute atomic E-state index is 0.178. The van der Waals surface area contributed by atoms with Gasteiger partial charge in [0.15, 0.2) is 5.82 Å². The number of rotatable bonds is 3. The third-order valence-electron chi connectivity index (χ3n) is 3.06. The van der Waals surface area contributed by atoms with Gasteiger partial charge in [-0.2, -0.15) is 10.2 Å². The summed E-state index contributed by atoms with van der Waals surface area (Å²) in [6.07, 6.45) is 3.51. The lowest BCUT2D eigenvalue weighted by atomic mass is 10.2. The first-order chi connectivity index (χ1) is 9.66. The van der Waals surface area contributed by atoms with Gasteiger partial charge in [-0.1, -0.05) is 17.7 Å². The van der Waals surface area contributed by atoms with Crippen LogP contribution in [0.25, 0.3) is 5.69 Å². The zero-order chi connectivity index (χ0) is 14.1. The van der Waals surface area contributed by atoms with Crippen LogP contribution in [0.2, 0.25) is 5.02 Å². The summed E-state index contributed by atoms with van der Waals surface area (Å²) in [4.78, 5) is 12.0. The van der Waals surface area contributed by atoms with E-state index in [4.69, 9.17) is 11.6 Å². The van der Waals surface area contributed by atoms with Crippen molar-refractivity contribution in [2.75, 3.05) is 0 Å². The van der Waals surface area contributed by atoms with Crippen LogP contribution in [-0.4, -0.2) is 24.5 Å². The molecule has 0 fully saturated rings. The Morgan fingerprint density at radius 3 is 2.90 bits per heavy atom. The van der Waals surface area contributed by atoms with Crippen molar-refractivity contribution in [3.8, 4) is 5.69 Å². The Balaban J connectivity index is 2.13. The van der Waals surface area contributed by atoms with Gasteiger partial charge in [0, 0.05) is 17.4 Å². The Kier molecular flexibility index (Phi) is 3.15. The highest BCUT2D eigenvalue weighted by Gasteiger charge is 2.18. The smallest absolute Gasteiger partial charge is 0.262 e. The van der Waals surface area contributed by atoms with E-state index in [1.54, 1.807) is 29.1 Å². The van der Waals surface area contributed by atoms with E-state index < -0.39 is 0 Å². The van der Waals surface area contributed by atoms with Crippen molar-refractivity contribution in [3.05, 3.63) is 64.1 Å². The van der Waals surface area contributed by atoms with Crippen LogP contribution in [0.1, 0.15) is 18.8 Å². The van der Waals surface area contributed by atoms with Gasteiger partial charge in [0.25, 0.3) is 0 Å². The molecule has 0 radical (unpaired) electrons. The van der Waals surface area contributed by atoms with Crippen LogP contribution in [0.3, 0.4) is 0 Å². The summed E-state index contributed by atoms with van der Waals surface area (Å²) in [5.41, 5.74) is 0.367. The van der Waals surface area contributed by atoms with Crippen LogP contribution < -0.4 is 5.69 Å². The molecule has 102 valence electrons. The molecule has 0 spiro atoms. The molecule has 1 atom stereocenters. The summed E-state index contributed by atoms with van der Waals surface area (Å²) < 4.78 is 3.23. The average molecular weight is 290 g/mol. The minimum Gasteiger partial charge on any atom is -0.262 e. The van der Waals surface area contributed by atoms with E-state index in [2.05, 4.69) is 15.3 Å². The average Bonchev–Trinajstić information content (AvgIpc) is 3.07. The molecule has 0 aliphatic rings. The van der Waals surface area contributed by atoms with Gasteiger partial charge in [-0.25, -0.2) is 14.5 Å². The predicted octanol–water partition coefficient (Wildman–Crippen LogP) is 2.02. The molecule has 3 aromatic rings. The van der Waals surface area contributed by atoms with Crippen LogP contribution in [0, 0.1) is 0 Å². The Morgan fingerprint density at radius 2 is 2.20 bits per heavy atom. The van der Waals surface area contributed by atoms with Gasteiger partial charge in [0.05, 0.1) is 5.69 Å². The first kappa shape index (κ1) is 12.7.